The van der Waals surface area contributed by atoms with Crippen LogP contribution in [0.1, 0.15) is 40.5 Å². The summed E-state index contributed by atoms with van der Waals surface area (Å²) in [4.78, 5) is 0. The molecular weight excluding hydrogens is 232 g/mol. The van der Waals surface area contributed by atoms with Crippen LogP contribution < -0.4 is 0 Å². The number of nitrogens with zero attached hydrogens (tertiary/aromatic N) is 4. The molecule has 6 heteroatoms. The largest absolute Gasteiger partial charge is 0.389 e. The van der Waals surface area contributed by atoms with Crippen LogP contribution in [-0.4, -0.2) is 33.5 Å². The van der Waals surface area contributed by atoms with Gasteiger partial charge in [-0.1, -0.05) is 13.8 Å². The van der Waals surface area contributed by atoms with E-state index in [-0.39, 0.29) is 0 Å². The van der Waals surface area contributed by atoms with Crippen LogP contribution >= 0.6 is 0 Å². The first-order valence-corrected chi connectivity index (χ1v) is 5.92. The van der Waals surface area contributed by atoms with Crippen LogP contribution in [0.3, 0.4) is 0 Å². The summed E-state index contributed by atoms with van der Waals surface area (Å²) in [5.74, 6) is 0. The minimum atomic E-state index is -1.40. The monoisotopic (exact) mass is 252 g/mol. The van der Waals surface area contributed by atoms with E-state index in [1.165, 1.54) is 13.8 Å². The maximum Gasteiger partial charge on any atom is 0.190 e. The molecule has 6 nitrogen and oxygen atoms in total. The van der Waals surface area contributed by atoms with Gasteiger partial charge in [0.05, 0.1) is 24.3 Å². The van der Waals surface area contributed by atoms with Gasteiger partial charge in [-0.3, -0.25) is 0 Å². The van der Waals surface area contributed by atoms with Crippen LogP contribution in [0.15, 0.2) is 10.2 Å². The van der Waals surface area contributed by atoms with Gasteiger partial charge in [0.25, 0.3) is 0 Å². The van der Waals surface area contributed by atoms with Gasteiger partial charge in [0.2, 0.25) is 0 Å². The number of azo groups is 1. The average Bonchev–Trinajstić information content (AvgIpc) is 2.42. The molecule has 0 spiro atoms. The molecule has 0 heterocycles. The number of aliphatic hydroxyl groups excluding tert-OH is 2. The predicted molar refractivity (Wildman–Crippen MR) is 65.5 cm³/mol. The zero-order valence-electron chi connectivity index (χ0n) is 11.3. The summed E-state index contributed by atoms with van der Waals surface area (Å²) in [6.07, 6.45) is -1.23. The third-order valence-electron chi connectivity index (χ3n) is 2.99. The van der Waals surface area contributed by atoms with Crippen LogP contribution in [0.5, 0.6) is 0 Å². The second kappa shape index (κ2) is 6.44. The van der Waals surface area contributed by atoms with E-state index in [9.17, 15) is 10.2 Å². The van der Waals surface area contributed by atoms with Gasteiger partial charge in [-0.2, -0.15) is 20.8 Å². The normalized spacial score (nSPS) is 21.3. The van der Waals surface area contributed by atoms with E-state index in [0.717, 1.165) is 0 Å². The lowest BCUT2D eigenvalue weighted by atomic mass is 9.94. The highest BCUT2D eigenvalue weighted by molar-refractivity contribution is 5.12. The molecule has 0 rings (SSSR count). The van der Waals surface area contributed by atoms with Crippen LogP contribution in [0.25, 0.3) is 0 Å². The summed E-state index contributed by atoms with van der Waals surface area (Å²) in [5.41, 5.74) is -2.80. The maximum absolute atomic E-state index is 9.72. The SMILES string of the molecule is CCC(O)C(C)(C#N)N=NC(C)(C#N)C(O)CC. The summed E-state index contributed by atoms with van der Waals surface area (Å²) in [6, 6.07) is 3.76. The van der Waals surface area contributed by atoms with Gasteiger partial charge >= 0.3 is 0 Å². The molecule has 0 aliphatic heterocycles. The smallest absolute Gasteiger partial charge is 0.190 e. The topological polar surface area (TPSA) is 113 Å². The van der Waals surface area contributed by atoms with Gasteiger partial charge in [-0.25, -0.2) is 0 Å². The van der Waals surface area contributed by atoms with Crippen molar-refractivity contribution in [3.05, 3.63) is 0 Å². The Morgan fingerprint density at radius 3 is 1.39 bits per heavy atom. The molecule has 0 aromatic heterocycles. The van der Waals surface area contributed by atoms with Crippen molar-refractivity contribution in [2.45, 2.75) is 63.8 Å². The zero-order chi connectivity index (χ0) is 14.4. The molecule has 0 aliphatic rings. The molecular formula is C12H20N4O2. The van der Waals surface area contributed by atoms with Crippen molar-refractivity contribution >= 4 is 0 Å². The Hall–Kier alpha value is -1.50. The Kier molecular flexibility index (Phi) is 5.90. The molecule has 4 unspecified atom stereocenters. The lowest BCUT2D eigenvalue weighted by molar-refractivity contribution is 0.0978. The van der Waals surface area contributed by atoms with E-state index < -0.39 is 23.3 Å². The van der Waals surface area contributed by atoms with Crippen LogP contribution in [0.2, 0.25) is 0 Å². The van der Waals surface area contributed by atoms with E-state index >= 15 is 0 Å². The van der Waals surface area contributed by atoms with Crippen molar-refractivity contribution in [3.63, 3.8) is 0 Å². The first kappa shape index (κ1) is 16.5. The fourth-order valence-electron chi connectivity index (χ4n) is 1.33. The minimum absolute atomic E-state index is 0.350. The Bertz CT molecular complexity index is 349. The molecule has 0 aromatic carbocycles. The molecule has 0 saturated carbocycles. The van der Waals surface area contributed by atoms with Crippen LogP contribution in [0.4, 0.5) is 0 Å². The molecule has 4 atom stereocenters. The number of hydrogen-bond acceptors (Lipinski definition) is 6. The van der Waals surface area contributed by atoms with E-state index in [2.05, 4.69) is 10.2 Å². The fourth-order valence-corrected chi connectivity index (χ4v) is 1.33. The van der Waals surface area contributed by atoms with Gasteiger partial charge in [-0.15, -0.1) is 0 Å². The van der Waals surface area contributed by atoms with E-state index in [1.54, 1.807) is 13.8 Å². The molecule has 0 radical (unpaired) electrons. The summed E-state index contributed by atoms with van der Waals surface area (Å²) < 4.78 is 0. The molecule has 0 bridgehead atoms. The molecule has 0 saturated heterocycles. The summed E-state index contributed by atoms with van der Waals surface area (Å²) in [6.45, 7) is 6.34. The first-order valence-electron chi connectivity index (χ1n) is 5.92. The highest BCUT2D eigenvalue weighted by Crippen LogP contribution is 2.23. The summed E-state index contributed by atoms with van der Waals surface area (Å²) in [5, 5.41) is 45.1. The van der Waals surface area contributed by atoms with Crippen molar-refractivity contribution in [1.82, 2.24) is 0 Å². The second-order valence-electron chi connectivity index (χ2n) is 4.57. The van der Waals surface area contributed by atoms with Crippen molar-refractivity contribution in [2.24, 2.45) is 10.2 Å². The molecule has 0 aromatic rings. The van der Waals surface area contributed by atoms with Gasteiger partial charge in [0, 0.05) is 0 Å². The quantitative estimate of drug-likeness (QED) is 0.698. The summed E-state index contributed by atoms with van der Waals surface area (Å²) in [7, 11) is 0. The highest BCUT2D eigenvalue weighted by atomic mass is 16.3. The molecule has 100 valence electrons. The zero-order valence-corrected chi connectivity index (χ0v) is 11.3. The van der Waals surface area contributed by atoms with E-state index in [1.807, 2.05) is 12.1 Å². The van der Waals surface area contributed by atoms with Crippen LogP contribution in [-0.2, 0) is 0 Å². The fraction of sp³-hybridized carbons (Fsp3) is 0.833. The average molecular weight is 252 g/mol. The Labute approximate surface area is 108 Å². The van der Waals surface area contributed by atoms with E-state index in [0.29, 0.717) is 12.8 Å². The van der Waals surface area contributed by atoms with E-state index in [4.69, 9.17) is 10.5 Å². The van der Waals surface area contributed by atoms with Crippen molar-refractivity contribution in [1.29, 1.82) is 10.5 Å². The number of hydrogen-bond donors (Lipinski definition) is 2. The Morgan fingerprint density at radius 1 is 0.944 bits per heavy atom. The molecule has 0 aliphatic carbocycles. The van der Waals surface area contributed by atoms with Gasteiger partial charge < -0.3 is 10.2 Å². The van der Waals surface area contributed by atoms with Gasteiger partial charge in [0.15, 0.2) is 11.1 Å². The van der Waals surface area contributed by atoms with Gasteiger partial charge in [0.1, 0.15) is 0 Å². The lowest BCUT2D eigenvalue weighted by Gasteiger charge is -2.25. The van der Waals surface area contributed by atoms with Crippen molar-refractivity contribution < 1.29 is 10.2 Å². The molecule has 0 fully saturated rings. The summed E-state index contributed by atoms with van der Waals surface area (Å²) >= 11 is 0. The lowest BCUT2D eigenvalue weighted by Crippen LogP contribution is -2.39. The first-order chi connectivity index (χ1) is 8.29. The number of aliphatic hydroxyl groups is 2. The predicted octanol–water partition coefficient (Wildman–Crippen LogP) is 1.54. The highest BCUT2D eigenvalue weighted by Gasteiger charge is 2.36. The van der Waals surface area contributed by atoms with Gasteiger partial charge in [-0.05, 0) is 26.7 Å². The molecule has 2 N–H and O–H groups in total. The minimum Gasteiger partial charge on any atom is -0.389 e. The molecule has 0 amide bonds. The van der Waals surface area contributed by atoms with Crippen molar-refractivity contribution in [3.8, 4) is 12.1 Å². The third-order valence-corrected chi connectivity index (χ3v) is 2.99. The maximum atomic E-state index is 9.72. The van der Waals surface area contributed by atoms with Crippen molar-refractivity contribution in [2.75, 3.05) is 0 Å². The third kappa shape index (κ3) is 3.49. The second-order valence-corrected chi connectivity index (χ2v) is 4.57. The standard InChI is InChI=1S/C12H20N4O2/c1-5-9(17)11(3,7-13)15-16-12(4,8-14)10(18)6-2/h9-10,17-18H,5-6H2,1-4H3. The van der Waals surface area contributed by atoms with Crippen LogP contribution in [0, 0.1) is 22.7 Å². The number of rotatable bonds is 6. The molecule has 18 heavy (non-hydrogen) atoms. The number of nitriles is 2. The Balaban J connectivity index is 5.24. The Morgan fingerprint density at radius 2 is 1.22 bits per heavy atom.